The Balaban J connectivity index is 3.42. The number of carbonyl (C=O) groups excluding carboxylic acids is 1. The summed E-state index contributed by atoms with van der Waals surface area (Å²) in [5.41, 5.74) is -0.324. The second kappa shape index (κ2) is 4.79. The first kappa shape index (κ1) is 11.5. The average Bonchev–Trinajstić information content (AvgIpc) is 2.16. The molecule has 0 bridgehead atoms. The van der Waals surface area contributed by atoms with E-state index in [0.717, 1.165) is 6.20 Å². The zero-order chi connectivity index (χ0) is 10.7. The van der Waals surface area contributed by atoms with Crippen LogP contribution in [-0.2, 0) is 5.33 Å². The van der Waals surface area contributed by atoms with Gasteiger partial charge in [-0.3, -0.25) is 9.78 Å². The fourth-order valence-corrected chi connectivity index (χ4v) is 1.70. The van der Waals surface area contributed by atoms with E-state index >= 15 is 0 Å². The van der Waals surface area contributed by atoms with Crippen molar-refractivity contribution in [3.05, 3.63) is 28.0 Å². The summed E-state index contributed by atoms with van der Waals surface area (Å²) in [5.74, 6) is 0. The third-order valence-electron chi connectivity index (χ3n) is 1.65. The lowest BCUT2D eigenvalue weighted by atomic mass is 10.1. The van der Waals surface area contributed by atoms with Crippen molar-refractivity contribution in [3.63, 3.8) is 0 Å². The molecule has 0 amide bonds. The van der Waals surface area contributed by atoms with Crippen molar-refractivity contribution in [2.45, 2.75) is 11.8 Å². The Hall–Kier alpha value is -0.550. The van der Waals surface area contributed by atoms with Crippen LogP contribution < -0.4 is 0 Å². The maximum Gasteiger partial charge on any atom is 0.266 e. The number of alkyl halides is 3. The molecule has 0 N–H and O–H groups in total. The predicted octanol–water partition coefficient (Wildman–Crippen LogP) is 3.38. The minimum Gasteiger partial charge on any atom is -0.298 e. The smallest absolute Gasteiger partial charge is 0.266 e. The largest absolute Gasteiger partial charge is 0.298 e. The Labute approximate surface area is 92.4 Å². The van der Waals surface area contributed by atoms with Crippen molar-refractivity contribution in [2.75, 3.05) is 0 Å². The van der Waals surface area contributed by atoms with Crippen LogP contribution in [0.25, 0.3) is 0 Å². The molecule has 1 heterocycles. The van der Waals surface area contributed by atoms with E-state index in [-0.39, 0.29) is 21.6 Å². The zero-order valence-corrected chi connectivity index (χ0v) is 9.15. The van der Waals surface area contributed by atoms with Gasteiger partial charge in [-0.15, -0.1) is 0 Å². The van der Waals surface area contributed by atoms with E-state index in [4.69, 9.17) is 11.6 Å². The zero-order valence-electron chi connectivity index (χ0n) is 6.81. The highest BCUT2D eigenvalue weighted by molar-refractivity contribution is 9.08. The molecule has 0 aliphatic heterocycles. The predicted molar refractivity (Wildman–Crippen MR) is 52.2 cm³/mol. The first-order chi connectivity index (χ1) is 6.61. The van der Waals surface area contributed by atoms with E-state index in [9.17, 15) is 13.6 Å². The summed E-state index contributed by atoms with van der Waals surface area (Å²) < 4.78 is 25.0. The summed E-state index contributed by atoms with van der Waals surface area (Å²) in [6.07, 6.45) is -1.31. The molecule has 14 heavy (non-hydrogen) atoms. The number of nitrogens with zero attached hydrogens (tertiary/aromatic N) is 1. The fourth-order valence-electron chi connectivity index (χ4n) is 1.02. The molecule has 0 atom stereocenters. The summed E-state index contributed by atoms with van der Waals surface area (Å²) in [7, 11) is 0. The molecule has 2 nitrogen and oxygen atoms in total. The maximum atomic E-state index is 12.5. The minimum absolute atomic E-state index is 0.135. The summed E-state index contributed by atoms with van der Waals surface area (Å²) in [5, 5.41) is 0.0459. The van der Waals surface area contributed by atoms with Gasteiger partial charge in [-0.25, -0.2) is 8.78 Å². The molecule has 0 spiro atoms. The van der Waals surface area contributed by atoms with Crippen LogP contribution in [0, 0.1) is 0 Å². The number of aldehydes is 1. The highest BCUT2D eigenvalue weighted by Gasteiger charge is 2.20. The second-order valence-corrected chi connectivity index (χ2v) is 3.40. The molecule has 1 aromatic heterocycles. The summed E-state index contributed by atoms with van der Waals surface area (Å²) in [6.45, 7) is 0. The molecule has 0 saturated heterocycles. The third-order valence-corrected chi connectivity index (χ3v) is 2.49. The summed E-state index contributed by atoms with van der Waals surface area (Å²) in [4.78, 5) is 14.4. The highest BCUT2D eigenvalue weighted by atomic mass is 79.9. The first-order valence-corrected chi connectivity index (χ1v) is 5.08. The number of rotatable bonds is 3. The van der Waals surface area contributed by atoms with Gasteiger partial charge in [-0.1, -0.05) is 27.5 Å². The van der Waals surface area contributed by atoms with Gasteiger partial charge < -0.3 is 0 Å². The van der Waals surface area contributed by atoms with Crippen molar-refractivity contribution in [3.8, 4) is 0 Å². The van der Waals surface area contributed by atoms with Gasteiger partial charge >= 0.3 is 0 Å². The van der Waals surface area contributed by atoms with E-state index in [0.29, 0.717) is 6.29 Å². The van der Waals surface area contributed by atoms with Crippen LogP contribution in [0.3, 0.4) is 0 Å². The Morgan fingerprint density at radius 2 is 2.29 bits per heavy atom. The normalized spacial score (nSPS) is 10.6. The van der Waals surface area contributed by atoms with E-state index < -0.39 is 12.0 Å². The molecule has 76 valence electrons. The van der Waals surface area contributed by atoms with Crippen LogP contribution in [0.5, 0.6) is 0 Å². The van der Waals surface area contributed by atoms with Crippen LogP contribution in [-0.4, -0.2) is 11.3 Å². The van der Waals surface area contributed by atoms with Gasteiger partial charge in [0.2, 0.25) is 0 Å². The van der Waals surface area contributed by atoms with Crippen molar-refractivity contribution in [1.29, 1.82) is 0 Å². The molecule has 1 aromatic rings. The Morgan fingerprint density at radius 3 is 2.71 bits per heavy atom. The average molecular weight is 284 g/mol. The van der Waals surface area contributed by atoms with E-state index in [1.54, 1.807) is 0 Å². The monoisotopic (exact) mass is 283 g/mol. The van der Waals surface area contributed by atoms with Gasteiger partial charge in [-0.05, 0) is 0 Å². The number of pyridine rings is 1. The standard InChI is InChI=1S/C8H5BrClF2NO/c9-1-6-4(3-14)7(8(11)12)5(10)2-13-6/h2-3,8H,1H2. The molecule has 0 aliphatic rings. The van der Waals surface area contributed by atoms with Crippen molar-refractivity contribution >= 4 is 33.8 Å². The lowest BCUT2D eigenvalue weighted by Crippen LogP contribution is -2.02. The fraction of sp³-hybridized carbons (Fsp3) is 0.250. The Kier molecular flexibility index (Phi) is 3.95. The van der Waals surface area contributed by atoms with Gasteiger partial charge in [0.1, 0.15) is 0 Å². The molecule has 0 aliphatic carbocycles. The topological polar surface area (TPSA) is 30.0 Å². The van der Waals surface area contributed by atoms with Crippen LogP contribution in [0.2, 0.25) is 5.02 Å². The van der Waals surface area contributed by atoms with Gasteiger partial charge in [-0.2, -0.15) is 0 Å². The third kappa shape index (κ3) is 2.09. The van der Waals surface area contributed by atoms with Gasteiger partial charge in [0.15, 0.2) is 6.29 Å². The van der Waals surface area contributed by atoms with Crippen molar-refractivity contribution in [2.24, 2.45) is 0 Å². The Morgan fingerprint density at radius 1 is 1.64 bits per heavy atom. The number of carbonyl (C=O) groups is 1. The van der Waals surface area contributed by atoms with Crippen LogP contribution in [0.15, 0.2) is 6.20 Å². The molecule has 0 saturated carbocycles. The number of hydrogen-bond donors (Lipinski definition) is 0. The van der Waals surface area contributed by atoms with E-state index in [2.05, 4.69) is 20.9 Å². The highest BCUT2D eigenvalue weighted by Crippen LogP contribution is 2.30. The van der Waals surface area contributed by atoms with Gasteiger partial charge in [0.25, 0.3) is 6.43 Å². The lowest BCUT2D eigenvalue weighted by Gasteiger charge is -2.08. The molecule has 0 unspecified atom stereocenters. The molecule has 0 radical (unpaired) electrons. The van der Waals surface area contributed by atoms with Crippen LogP contribution in [0.4, 0.5) is 8.78 Å². The maximum absolute atomic E-state index is 12.5. The summed E-state index contributed by atoms with van der Waals surface area (Å²) >= 11 is 8.56. The second-order valence-electron chi connectivity index (χ2n) is 2.43. The van der Waals surface area contributed by atoms with E-state index in [1.165, 1.54) is 0 Å². The molecule has 6 heteroatoms. The summed E-state index contributed by atoms with van der Waals surface area (Å²) in [6, 6.07) is 0. The van der Waals surface area contributed by atoms with Gasteiger partial charge in [0, 0.05) is 17.1 Å². The van der Waals surface area contributed by atoms with Crippen molar-refractivity contribution in [1.82, 2.24) is 4.98 Å². The SMILES string of the molecule is O=Cc1c(CBr)ncc(Cl)c1C(F)F. The molecule has 0 aromatic carbocycles. The number of aromatic nitrogens is 1. The molecule has 0 fully saturated rings. The molecule has 1 rings (SSSR count). The lowest BCUT2D eigenvalue weighted by molar-refractivity contribution is 0.110. The first-order valence-electron chi connectivity index (χ1n) is 3.58. The minimum atomic E-state index is -2.77. The van der Waals surface area contributed by atoms with Crippen LogP contribution >= 0.6 is 27.5 Å². The van der Waals surface area contributed by atoms with E-state index in [1.807, 2.05) is 0 Å². The number of hydrogen-bond acceptors (Lipinski definition) is 2. The van der Waals surface area contributed by atoms with Crippen molar-refractivity contribution < 1.29 is 13.6 Å². The number of halogens is 4. The Bertz CT molecular complexity index is 359. The molecular formula is C8H5BrClF2NO. The van der Waals surface area contributed by atoms with Gasteiger partial charge in [0.05, 0.1) is 16.3 Å². The van der Waals surface area contributed by atoms with Crippen LogP contribution in [0.1, 0.15) is 28.0 Å². The molecular weight excluding hydrogens is 279 g/mol. The quantitative estimate of drug-likeness (QED) is 0.629.